The van der Waals surface area contributed by atoms with Gasteiger partial charge in [-0.15, -0.1) is 0 Å². The van der Waals surface area contributed by atoms with Crippen LogP contribution in [-0.4, -0.2) is 0 Å². The van der Waals surface area contributed by atoms with Crippen LogP contribution in [0, 0.1) is 5.41 Å². The standard InChI is InChI=1S/C19H22.H4N2/c1-2-12-19(13-16-8-4-3-5-9-16)14-17-10-6-7-11-18(17)15-19;1-2/h3-11H,2,12-15H2,1H3;1-2H2. The van der Waals surface area contributed by atoms with Crippen molar-refractivity contribution in [3.63, 3.8) is 0 Å². The number of benzene rings is 2. The first-order chi connectivity index (χ1) is 10.3. The van der Waals surface area contributed by atoms with Crippen molar-refractivity contribution in [3.05, 3.63) is 71.3 Å². The molecule has 0 aliphatic heterocycles. The van der Waals surface area contributed by atoms with E-state index in [1.165, 1.54) is 37.7 Å². The fraction of sp³-hybridized carbons (Fsp3) is 0.368. The van der Waals surface area contributed by atoms with Crippen LogP contribution in [0.25, 0.3) is 0 Å². The highest BCUT2D eigenvalue weighted by atomic mass is 15.0. The van der Waals surface area contributed by atoms with Gasteiger partial charge in [0.2, 0.25) is 0 Å². The molecule has 2 heteroatoms. The van der Waals surface area contributed by atoms with E-state index in [4.69, 9.17) is 0 Å². The molecule has 0 atom stereocenters. The molecule has 0 unspecified atom stereocenters. The van der Waals surface area contributed by atoms with Gasteiger partial charge in [-0.25, -0.2) is 0 Å². The zero-order valence-electron chi connectivity index (χ0n) is 12.9. The highest BCUT2D eigenvalue weighted by molar-refractivity contribution is 5.35. The Kier molecular flexibility index (Phi) is 5.54. The van der Waals surface area contributed by atoms with Gasteiger partial charge in [-0.1, -0.05) is 67.9 Å². The van der Waals surface area contributed by atoms with E-state index in [0.717, 1.165) is 0 Å². The molecular weight excluding hydrogens is 256 g/mol. The van der Waals surface area contributed by atoms with Gasteiger partial charge in [0.15, 0.2) is 0 Å². The number of hydrogen-bond acceptors (Lipinski definition) is 2. The Morgan fingerprint density at radius 2 is 1.38 bits per heavy atom. The fourth-order valence-corrected chi connectivity index (χ4v) is 3.72. The zero-order valence-corrected chi connectivity index (χ0v) is 12.9. The molecule has 0 radical (unpaired) electrons. The normalized spacial score (nSPS) is 15.0. The third kappa shape index (κ3) is 3.72. The molecular formula is C19H26N2. The molecule has 2 aromatic carbocycles. The Hall–Kier alpha value is -1.64. The van der Waals surface area contributed by atoms with Gasteiger partial charge in [0.05, 0.1) is 0 Å². The van der Waals surface area contributed by atoms with E-state index in [2.05, 4.69) is 73.2 Å². The minimum Gasteiger partial charge on any atom is -0.274 e. The average Bonchev–Trinajstić information content (AvgIpc) is 2.88. The highest BCUT2D eigenvalue weighted by Crippen LogP contribution is 2.42. The molecule has 0 aromatic heterocycles. The lowest BCUT2D eigenvalue weighted by atomic mass is 9.75. The Morgan fingerprint density at radius 1 is 0.857 bits per heavy atom. The van der Waals surface area contributed by atoms with Crippen molar-refractivity contribution in [3.8, 4) is 0 Å². The molecule has 0 spiro atoms. The monoisotopic (exact) mass is 282 g/mol. The van der Waals surface area contributed by atoms with Gasteiger partial charge < -0.3 is 0 Å². The second-order valence-electron chi connectivity index (χ2n) is 6.03. The van der Waals surface area contributed by atoms with Gasteiger partial charge in [0.25, 0.3) is 0 Å². The molecule has 4 N–H and O–H groups in total. The first kappa shape index (κ1) is 15.7. The van der Waals surface area contributed by atoms with Gasteiger partial charge in [-0.05, 0) is 47.8 Å². The van der Waals surface area contributed by atoms with Crippen LogP contribution >= 0.6 is 0 Å². The molecule has 112 valence electrons. The number of hydrogen-bond donors (Lipinski definition) is 2. The SMILES string of the molecule is CCCC1(Cc2ccccc2)Cc2ccccc2C1.NN. The second-order valence-corrected chi connectivity index (χ2v) is 6.03. The molecule has 0 bridgehead atoms. The number of rotatable bonds is 4. The average molecular weight is 282 g/mol. The molecule has 2 nitrogen and oxygen atoms in total. The Balaban J connectivity index is 0.000000774. The third-order valence-electron chi connectivity index (χ3n) is 4.45. The summed E-state index contributed by atoms with van der Waals surface area (Å²) in [6.07, 6.45) is 6.34. The number of fused-ring (bicyclic) bond motifs is 1. The first-order valence-electron chi connectivity index (χ1n) is 7.75. The molecule has 0 amide bonds. The summed E-state index contributed by atoms with van der Waals surface area (Å²) in [7, 11) is 0. The van der Waals surface area contributed by atoms with Crippen molar-refractivity contribution in [1.82, 2.24) is 0 Å². The van der Waals surface area contributed by atoms with E-state index >= 15 is 0 Å². The summed E-state index contributed by atoms with van der Waals surface area (Å²) in [4.78, 5) is 0. The molecule has 0 fully saturated rings. The lowest BCUT2D eigenvalue weighted by Crippen LogP contribution is -2.24. The van der Waals surface area contributed by atoms with Gasteiger partial charge in [-0.2, -0.15) is 0 Å². The Morgan fingerprint density at radius 3 is 1.90 bits per heavy atom. The second kappa shape index (κ2) is 7.39. The number of hydrazine groups is 1. The minimum absolute atomic E-state index is 0.458. The van der Waals surface area contributed by atoms with Gasteiger partial charge in [0, 0.05) is 0 Å². The van der Waals surface area contributed by atoms with Gasteiger partial charge in [-0.3, -0.25) is 11.7 Å². The van der Waals surface area contributed by atoms with E-state index in [-0.39, 0.29) is 0 Å². The maximum absolute atomic E-state index is 4.00. The van der Waals surface area contributed by atoms with E-state index < -0.39 is 0 Å². The third-order valence-corrected chi connectivity index (χ3v) is 4.45. The zero-order chi connectivity index (χ0) is 15.1. The van der Waals surface area contributed by atoms with Crippen LogP contribution in [0.2, 0.25) is 0 Å². The molecule has 0 saturated carbocycles. The summed E-state index contributed by atoms with van der Waals surface area (Å²) in [6.45, 7) is 2.32. The quantitative estimate of drug-likeness (QED) is 0.664. The minimum atomic E-state index is 0.458. The maximum Gasteiger partial charge on any atom is -0.0176 e. The lowest BCUT2D eigenvalue weighted by Gasteiger charge is -2.29. The highest BCUT2D eigenvalue weighted by Gasteiger charge is 2.36. The summed E-state index contributed by atoms with van der Waals surface area (Å²) in [5.74, 6) is 8.00. The van der Waals surface area contributed by atoms with Crippen molar-refractivity contribution in [2.45, 2.75) is 39.0 Å². The smallest absolute Gasteiger partial charge is 0.0176 e. The predicted octanol–water partition coefficient (Wildman–Crippen LogP) is 3.63. The fourth-order valence-electron chi connectivity index (χ4n) is 3.72. The summed E-state index contributed by atoms with van der Waals surface area (Å²) >= 11 is 0. The van der Waals surface area contributed by atoms with Crippen LogP contribution in [0.5, 0.6) is 0 Å². The molecule has 3 rings (SSSR count). The van der Waals surface area contributed by atoms with Crippen LogP contribution in [0.3, 0.4) is 0 Å². The summed E-state index contributed by atoms with van der Waals surface area (Å²) in [5.41, 5.74) is 5.10. The van der Waals surface area contributed by atoms with Crippen molar-refractivity contribution >= 4 is 0 Å². The van der Waals surface area contributed by atoms with Gasteiger partial charge in [0.1, 0.15) is 0 Å². The van der Waals surface area contributed by atoms with Crippen LogP contribution in [0.4, 0.5) is 0 Å². The van der Waals surface area contributed by atoms with Crippen molar-refractivity contribution in [2.24, 2.45) is 17.1 Å². The summed E-state index contributed by atoms with van der Waals surface area (Å²) in [6, 6.07) is 20.0. The van der Waals surface area contributed by atoms with Crippen molar-refractivity contribution in [1.29, 1.82) is 0 Å². The Bertz CT molecular complexity index is 524. The maximum atomic E-state index is 4.00. The summed E-state index contributed by atoms with van der Waals surface area (Å²) in [5, 5.41) is 0. The van der Waals surface area contributed by atoms with Crippen molar-refractivity contribution < 1.29 is 0 Å². The van der Waals surface area contributed by atoms with Crippen LogP contribution in [0.1, 0.15) is 36.5 Å². The largest absolute Gasteiger partial charge is 0.274 e. The van der Waals surface area contributed by atoms with Gasteiger partial charge >= 0.3 is 0 Å². The van der Waals surface area contributed by atoms with E-state index in [1.807, 2.05) is 0 Å². The molecule has 0 saturated heterocycles. The van der Waals surface area contributed by atoms with Crippen LogP contribution in [-0.2, 0) is 19.3 Å². The Labute approximate surface area is 128 Å². The predicted molar refractivity (Wildman–Crippen MR) is 89.7 cm³/mol. The lowest BCUT2D eigenvalue weighted by molar-refractivity contribution is 0.273. The molecule has 21 heavy (non-hydrogen) atoms. The number of nitrogens with two attached hydrogens (primary N) is 2. The van der Waals surface area contributed by atoms with Crippen LogP contribution < -0.4 is 11.7 Å². The van der Waals surface area contributed by atoms with E-state index in [0.29, 0.717) is 5.41 Å². The molecule has 2 aromatic rings. The first-order valence-corrected chi connectivity index (χ1v) is 7.75. The molecule has 1 aliphatic rings. The van der Waals surface area contributed by atoms with Crippen molar-refractivity contribution in [2.75, 3.05) is 0 Å². The topological polar surface area (TPSA) is 52.0 Å². The molecule has 0 heterocycles. The summed E-state index contributed by atoms with van der Waals surface area (Å²) < 4.78 is 0. The van der Waals surface area contributed by atoms with E-state index in [1.54, 1.807) is 11.1 Å². The van der Waals surface area contributed by atoms with E-state index in [9.17, 15) is 0 Å². The molecule has 1 aliphatic carbocycles. The van der Waals surface area contributed by atoms with Crippen LogP contribution in [0.15, 0.2) is 54.6 Å².